The monoisotopic (exact) mass is 223 g/mol. The minimum atomic E-state index is -1.34. The highest BCUT2D eigenvalue weighted by Gasteiger charge is 2.21. The molecule has 5 heteroatoms. The largest absolute Gasteiger partial charge is 0.480 e. The molecule has 3 N–H and O–H groups in total. The first-order valence-corrected chi connectivity index (χ1v) is 4.78. The third-order valence-corrected chi connectivity index (χ3v) is 2.09. The topological polar surface area (TPSA) is 86.6 Å². The lowest BCUT2D eigenvalue weighted by Crippen LogP contribution is -2.40. The number of hydrogen-bond acceptors (Lipinski definition) is 3. The molecular weight excluding hydrogens is 210 g/mol. The molecule has 0 aliphatic rings. The SMILES string of the molecule is C[C@H](NC(=O)[C@@H](O)c1ccccc1)C(=O)O. The summed E-state index contributed by atoms with van der Waals surface area (Å²) in [6, 6.07) is 7.30. The maximum Gasteiger partial charge on any atom is 0.325 e. The Bertz CT molecular complexity index is 377. The first-order chi connectivity index (χ1) is 7.52. The van der Waals surface area contributed by atoms with E-state index in [2.05, 4.69) is 5.32 Å². The predicted molar refractivity (Wildman–Crippen MR) is 56.6 cm³/mol. The van der Waals surface area contributed by atoms with Gasteiger partial charge in [-0.1, -0.05) is 30.3 Å². The molecule has 0 unspecified atom stereocenters. The number of nitrogens with one attached hydrogen (secondary N) is 1. The first kappa shape index (κ1) is 12.2. The molecule has 0 fully saturated rings. The van der Waals surface area contributed by atoms with Crippen LogP contribution in [0.25, 0.3) is 0 Å². The molecule has 0 radical (unpaired) electrons. The van der Waals surface area contributed by atoms with Gasteiger partial charge in [0.2, 0.25) is 0 Å². The molecule has 0 aromatic heterocycles. The summed E-state index contributed by atoms with van der Waals surface area (Å²) >= 11 is 0. The van der Waals surface area contributed by atoms with Crippen LogP contribution in [0.3, 0.4) is 0 Å². The van der Waals surface area contributed by atoms with E-state index in [1.54, 1.807) is 30.3 Å². The van der Waals surface area contributed by atoms with Crippen molar-refractivity contribution >= 4 is 11.9 Å². The number of hydrogen-bond donors (Lipinski definition) is 3. The van der Waals surface area contributed by atoms with Crippen molar-refractivity contribution in [3.05, 3.63) is 35.9 Å². The van der Waals surface area contributed by atoms with E-state index >= 15 is 0 Å². The highest BCUT2D eigenvalue weighted by molar-refractivity contribution is 5.86. The van der Waals surface area contributed by atoms with Gasteiger partial charge < -0.3 is 15.5 Å². The van der Waals surface area contributed by atoms with E-state index in [0.717, 1.165) is 0 Å². The van der Waals surface area contributed by atoms with Gasteiger partial charge in [-0.2, -0.15) is 0 Å². The lowest BCUT2D eigenvalue weighted by molar-refractivity contribution is -0.142. The summed E-state index contributed by atoms with van der Waals surface area (Å²) in [5.41, 5.74) is 0.428. The number of aliphatic hydroxyl groups excluding tert-OH is 1. The molecule has 0 heterocycles. The molecule has 1 amide bonds. The van der Waals surface area contributed by atoms with Gasteiger partial charge in [0.1, 0.15) is 6.04 Å². The molecule has 5 nitrogen and oxygen atoms in total. The summed E-state index contributed by atoms with van der Waals surface area (Å²) in [5, 5.41) is 20.4. The van der Waals surface area contributed by atoms with Gasteiger partial charge in [-0.15, -0.1) is 0 Å². The fourth-order valence-corrected chi connectivity index (χ4v) is 1.14. The van der Waals surface area contributed by atoms with Crippen LogP contribution in [0.15, 0.2) is 30.3 Å². The maximum atomic E-state index is 11.4. The second kappa shape index (κ2) is 5.27. The summed E-state index contributed by atoms with van der Waals surface area (Å²) in [4.78, 5) is 21.9. The number of aliphatic carboxylic acids is 1. The number of carboxylic acid groups (broad SMARTS) is 1. The van der Waals surface area contributed by atoms with E-state index in [1.165, 1.54) is 6.92 Å². The molecule has 0 saturated heterocycles. The second-order valence-electron chi connectivity index (χ2n) is 3.38. The van der Waals surface area contributed by atoms with Gasteiger partial charge in [0.25, 0.3) is 5.91 Å². The van der Waals surface area contributed by atoms with Gasteiger partial charge >= 0.3 is 5.97 Å². The van der Waals surface area contributed by atoms with Crippen molar-refractivity contribution in [2.45, 2.75) is 19.1 Å². The van der Waals surface area contributed by atoms with Gasteiger partial charge in [-0.05, 0) is 12.5 Å². The van der Waals surface area contributed by atoms with Crippen molar-refractivity contribution in [2.24, 2.45) is 0 Å². The minimum absolute atomic E-state index is 0.428. The molecule has 0 bridgehead atoms. The third-order valence-electron chi connectivity index (χ3n) is 2.09. The van der Waals surface area contributed by atoms with Crippen molar-refractivity contribution in [3.63, 3.8) is 0 Å². The molecule has 1 aromatic rings. The lowest BCUT2D eigenvalue weighted by atomic mass is 10.1. The number of carboxylic acids is 1. The van der Waals surface area contributed by atoms with Crippen LogP contribution < -0.4 is 5.32 Å². The van der Waals surface area contributed by atoms with Crippen LogP contribution in [0.4, 0.5) is 0 Å². The number of aliphatic hydroxyl groups is 1. The smallest absolute Gasteiger partial charge is 0.325 e. The summed E-state index contributed by atoms with van der Waals surface area (Å²) in [5.74, 6) is -1.87. The van der Waals surface area contributed by atoms with Gasteiger partial charge in [-0.25, -0.2) is 0 Å². The van der Waals surface area contributed by atoms with Crippen LogP contribution in [0, 0.1) is 0 Å². The van der Waals surface area contributed by atoms with Crippen LogP contribution in [-0.2, 0) is 9.59 Å². The van der Waals surface area contributed by atoms with Crippen molar-refractivity contribution in [1.82, 2.24) is 5.32 Å². The summed E-state index contributed by atoms with van der Waals surface area (Å²) in [6.07, 6.45) is -1.34. The van der Waals surface area contributed by atoms with Gasteiger partial charge in [0.15, 0.2) is 6.10 Å². The standard InChI is InChI=1S/C11H13NO4/c1-7(11(15)16)12-10(14)9(13)8-5-3-2-4-6-8/h2-7,9,13H,1H3,(H,12,14)(H,15,16)/t7-,9-/m0/s1. The second-order valence-corrected chi connectivity index (χ2v) is 3.38. The quantitative estimate of drug-likeness (QED) is 0.685. The fourth-order valence-electron chi connectivity index (χ4n) is 1.14. The number of rotatable bonds is 4. The molecule has 86 valence electrons. The van der Waals surface area contributed by atoms with Crippen LogP contribution in [0.5, 0.6) is 0 Å². The van der Waals surface area contributed by atoms with Crippen LogP contribution in [-0.4, -0.2) is 28.1 Å². The highest BCUT2D eigenvalue weighted by Crippen LogP contribution is 2.11. The Labute approximate surface area is 92.7 Å². The van der Waals surface area contributed by atoms with Gasteiger partial charge in [0.05, 0.1) is 0 Å². The summed E-state index contributed by atoms with van der Waals surface area (Å²) in [7, 11) is 0. The molecule has 0 aliphatic carbocycles. The average Bonchev–Trinajstić information content (AvgIpc) is 2.28. The number of carbonyl (C=O) groups is 2. The zero-order chi connectivity index (χ0) is 12.1. The Kier molecular flexibility index (Phi) is 4.02. The Hall–Kier alpha value is -1.88. The number of benzene rings is 1. The molecule has 0 saturated carbocycles. The Morgan fingerprint density at radius 1 is 1.25 bits per heavy atom. The Morgan fingerprint density at radius 2 is 1.81 bits per heavy atom. The van der Waals surface area contributed by atoms with Crippen LogP contribution in [0.2, 0.25) is 0 Å². The summed E-state index contributed by atoms with van der Waals surface area (Å²) in [6.45, 7) is 1.33. The van der Waals surface area contributed by atoms with Crippen molar-refractivity contribution < 1.29 is 19.8 Å². The van der Waals surface area contributed by atoms with E-state index in [4.69, 9.17) is 5.11 Å². The van der Waals surface area contributed by atoms with E-state index in [-0.39, 0.29) is 0 Å². The minimum Gasteiger partial charge on any atom is -0.480 e. The van der Waals surface area contributed by atoms with E-state index in [0.29, 0.717) is 5.56 Å². The Morgan fingerprint density at radius 3 is 2.31 bits per heavy atom. The van der Waals surface area contributed by atoms with Gasteiger partial charge in [-0.3, -0.25) is 9.59 Å². The van der Waals surface area contributed by atoms with Crippen molar-refractivity contribution in [3.8, 4) is 0 Å². The first-order valence-electron chi connectivity index (χ1n) is 4.78. The van der Waals surface area contributed by atoms with Gasteiger partial charge in [0, 0.05) is 0 Å². The molecule has 2 atom stereocenters. The zero-order valence-corrected chi connectivity index (χ0v) is 8.75. The zero-order valence-electron chi connectivity index (χ0n) is 8.75. The van der Waals surface area contributed by atoms with Crippen LogP contribution >= 0.6 is 0 Å². The highest BCUT2D eigenvalue weighted by atomic mass is 16.4. The maximum absolute atomic E-state index is 11.4. The Balaban J connectivity index is 2.65. The molecule has 1 aromatic carbocycles. The lowest BCUT2D eigenvalue weighted by Gasteiger charge is -2.13. The molecule has 0 spiro atoms. The normalized spacial score (nSPS) is 13.9. The van der Waals surface area contributed by atoms with E-state index in [1.807, 2.05) is 0 Å². The van der Waals surface area contributed by atoms with Crippen molar-refractivity contribution in [2.75, 3.05) is 0 Å². The van der Waals surface area contributed by atoms with E-state index < -0.39 is 24.0 Å². The third kappa shape index (κ3) is 3.06. The molecule has 16 heavy (non-hydrogen) atoms. The average molecular weight is 223 g/mol. The van der Waals surface area contributed by atoms with Crippen molar-refractivity contribution in [1.29, 1.82) is 0 Å². The summed E-state index contributed by atoms with van der Waals surface area (Å²) < 4.78 is 0. The molecular formula is C11H13NO4. The number of amides is 1. The molecule has 0 aliphatic heterocycles. The number of carbonyl (C=O) groups excluding carboxylic acids is 1. The molecule has 1 rings (SSSR count). The fraction of sp³-hybridized carbons (Fsp3) is 0.273. The predicted octanol–water partition coefficient (Wildman–Crippen LogP) is 0.309. The van der Waals surface area contributed by atoms with E-state index in [9.17, 15) is 14.7 Å². The van der Waals surface area contributed by atoms with Crippen LogP contribution in [0.1, 0.15) is 18.6 Å².